The van der Waals surface area contributed by atoms with Gasteiger partial charge in [-0.25, -0.2) is 4.79 Å². The molecule has 3 amide bonds. The summed E-state index contributed by atoms with van der Waals surface area (Å²) in [4.78, 5) is 52.7. The number of esters is 1. The van der Waals surface area contributed by atoms with Gasteiger partial charge in [0.05, 0.1) is 16.7 Å². The van der Waals surface area contributed by atoms with E-state index in [1.165, 1.54) is 18.2 Å². The number of nitrogens with zero attached hydrogens (tertiary/aromatic N) is 2. The molecule has 1 aromatic rings. The van der Waals surface area contributed by atoms with Crippen LogP contribution in [0.15, 0.2) is 18.2 Å². The molecule has 162 valence electrons. The number of rotatable bonds is 7. The number of fused-ring (bicyclic) bond motifs is 1. The Labute approximate surface area is 176 Å². The molecule has 0 unspecified atom stereocenters. The van der Waals surface area contributed by atoms with Gasteiger partial charge in [-0.3, -0.25) is 19.3 Å². The van der Waals surface area contributed by atoms with Gasteiger partial charge in [0.1, 0.15) is 0 Å². The minimum atomic E-state index is -0.692. The Bertz CT molecular complexity index is 842. The predicted octanol–water partition coefficient (Wildman–Crippen LogP) is 1.98. The van der Waals surface area contributed by atoms with Crippen LogP contribution in [0.2, 0.25) is 0 Å². The highest BCUT2D eigenvalue weighted by Crippen LogP contribution is 2.25. The van der Waals surface area contributed by atoms with Crippen LogP contribution >= 0.6 is 0 Å². The molecule has 1 fully saturated rings. The molecular formula is C22H28N2O6. The second-order valence-electron chi connectivity index (χ2n) is 8.19. The van der Waals surface area contributed by atoms with Gasteiger partial charge in [-0.1, -0.05) is 13.8 Å². The quantitative estimate of drug-likeness (QED) is 0.383. The lowest BCUT2D eigenvalue weighted by atomic mass is 9.92. The molecule has 0 spiro atoms. The van der Waals surface area contributed by atoms with E-state index in [-0.39, 0.29) is 41.7 Å². The molecule has 0 radical (unpaired) electrons. The highest BCUT2D eigenvalue weighted by Gasteiger charge is 2.35. The summed E-state index contributed by atoms with van der Waals surface area (Å²) in [6.45, 7) is 5.87. The van der Waals surface area contributed by atoms with Crippen molar-refractivity contribution in [2.45, 2.75) is 26.7 Å². The van der Waals surface area contributed by atoms with Gasteiger partial charge in [-0.2, -0.15) is 0 Å². The van der Waals surface area contributed by atoms with E-state index >= 15 is 0 Å². The summed E-state index contributed by atoms with van der Waals surface area (Å²) in [6, 6.07) is 4.27. The number of likely N-dealkylation sites (tertiary alicyclic amines) is 1. The third-order valence-corrected chi connectivity index (χ3v) is 5.48. The van der Waals surface area contributed by atoms with E-state index in [1.807, 2.05) is 0 Å². The number of carbonyl (C=O) groups excluding carboxylic acids is 4. The predicted molar refractivity (Wildman–Crippen MR) is 108 cm³/mol. The van der Waals surface area contributed by atoms with Crippen molar-refractivity contribution in [3.05, 3.63) is 34.9 Å². The van der Waals surface area contributed by atoms with Crippen molar-refractivity contribution in [1.82, 2.24) is 9.80 Å². The van der Waals surface area contributed by atoms with Crippen LogP contribution in [0.4, 0.5) is 0 Å². The number of ether oxygens (including phenoxy) is 2. The SMILES string of the molecule is COCCCN1C(=O)c2ccc(C(=O)OCC(=O)N3C[C@@H](C)C[C@H](C)C3)cc2C1=O. The molecular weight excluding hydrogens is 388 g/mol. The van der Waals surface area contributed by atoms with E-state index in [1.54, 1.807) is 12.0 Å². The number of amides is 3. The van der Waals surface area contributed by atoms with Gasteiger partial charge in [0.25, 0.3) is 17.7 Å². The van der Waals surface area contributed by atoms with Crippen molar-refractivity contribution in [2.75, 3.05) is 40.0 Å². The fraction of sp³-hybridized carbons (Fsp3) is 0.545. The van der Waals surface area contributed by atoms with E-state index in [4.69, 9.17) is 9.47 Å². The van der Waals surface area contributed by atoms with Gasteiger partial charge >= 0.3 is 5.97 Å². The number of carbonyl (C=O) groups is 4. The summed E-state index contributed by atoms with van der Waals surface area (Å²) in [7, 11) is 1.55. The number of hydrogen-bond donors (Lipinski definition) is 0. The van der Waals surface area contributed by atoms with Crippen LogP contribution in [-0.4, -0.2) is 73.4 Å². The number of methoxy groups -OCH3 is 1. The van der Waals surface area contributed by atoms with Crippen molar-refractivity contribution < 1.29 is 28.7 Å². The highest BCUT2D eigenvalue weighted by molar-refractivity contribution is 6.21. The van der Waals surface area contributed by atoms with Gasteiger partial charge in [-0.15, -0.1) is 0 Å². The second kappa shape index (κ2) is 9.38. The van der Waals surface area contributed by atoms with Crippen LogP contribution < -0.4 is 0 Å². The largest absolute Gasteiger partial charge is 0.452 e. The van der Waals surface area contributed by atoms with E-state index in [0.29, 0.717) is 38.0 Å². The minimum absolute atomic E-state index is 0.141. The van der Waals surface area contributed by atoms with Gasteiger partial charge in [0.15, 0.2) is 6.61 Å². The zero-order valence-electron chi connectivity index (χ0n) is 17.7. The van der Waals surface area contributed by atoms with Crippen LogP contribution in [0.5, 0.6) is 0 Å². The lowest BCUT2D eigenvalue weighted by molar-refractivity contribution is -0.137. The van der Waals surface area contributed by atoms with Gasteiger partial charge < -0.3 is 14.4 Å². The van der Waals surface area contributed by atoms with E-state index in [9.17, 15) is 19.2 Å². The summed E-state index contributed by atoms with van der Waals surface area (Å²) >= 11 is 0. The molecule has 1 aromatic carbocycles. The molecule has 8 nitrogen and oxygen atoms in total. The molecule has 2 atom stereocenters. The lowest BCUT2D eigenvalue weighted by Gasteiger charge is -2.34. The maximum atomic E-state index is 12.6. The summed E-state index contributed by atoms with van der Waals surface area (Å²) in [5.41, 5.74) is 0.583. The number of piperidine rings is 1. The molecule has 0 aromatic heterocycles. The molecule has 2 heterocycles. The van der Waals surface area contributed by atoms with Crippen LogP contribution in [0.1, 0.15) is 57.8 Å². The normalized spacial score (nSPS) is 21.0. The van der Waals surface area contributed by atoms with Gasteiger partial charge in [-0.05, 0) is 42.9 Å². The average molecular weight is 416 g/mol. The molecule has 0 saturated carbocycles. The van der Waals surface area contributed by atoms with Crippen molar-refractivity contribution >= 4 is 23.7 Å². The molecule has 0 aliphatic carbocycles. The third kappa shape index (κ3) is 4.70. The molecule has 3 rings (SSSR count). The Hall–Kier alpha value is -2.74. The van der Waals surface area contributed by atoms with E-state index < -0.39 is 11.9 Å². The Morgan fingerprint density at radius 3 is 2.40 bits per heavy atom. The summed E-state index contributed by atoms with van der Waals surface area (Å²) in [6.07, 6.45) is 1.61. The smallest absolute Gasteiger partial charge is 0.338 e. The van der Waals surface area contributed by atoms with Gasteiger partial charge in [0.2, 0.25) is 0 Å². The van der Waals surface area contributed by atoms with E-state index in [2.05, 4.69) is 13.8 Å². The second-order valence-corrected chi connectivity index (χ2v) is 8.19. The summed E-state index contributed by atoms with van der Waals surface area (Å²) < 4.78 is 10.1. The molecule has 8 heteroatoms. The maximum absolute atomic E-state index is 12.6. The maximum Gasteiger partial charge on any atom is 0.338 e. The monoisotopic (exact) mass is 416 g/mol. The fourth-order valence-corrected chi connectivity index (χ4v) is 4.16. The lowest BCUT2D eigenvalue weighted by Crippen LogP contribution is -2.44. The first-order valence-electron chi connectivity index (χ1n) is 10.3. The van der Waals surface area contributed by atoms with Crippen molar-refractivity contribution in [2.24, 2.45) is 11.8 Å². The Morgan fingerprint density at radius 1 is 1.07 bits per heavy atom. The Morgan fingerprint density at radius 2 is 1.73 bits per heavy atom. The first-order valence-corrected chi connectivity index (χ1v) is 10.3. The van der Waals surface area contributed by atoms with Crippen LogP contribution in [0.25, 0.3) is 0 Å². The fourth-order valence-electron chi connectivity index (χ4n) is 4.16. The number of hydrogen-bond acceptors (Lipinski definition) is 6. The zero-order chi connectivity index (χ0) is 21.8. The van der Waals surface area contributed by atoms with Crippen LogP contribution in [-0.2, 0) is 14.3 Å². The van der Waals surface area contributed by atoms with Crippen LogP contribution in [0, 0.1) is 11.8 Å². The number of imide groups is 1. The molecule has 0 bridgehead atoms. The topological polar surface area (TPSA) is 93.2 Å². The summed E-state index contributed by atoms with van der Waals surface area (Å²) in [5, 5.41) is 0. The Balaban J connectivity index is 1.61. The van der Waals surface area contributed by atoms with Crippen molar-refractivity contribution in [3.63, 3.8) is 0 Å². The first-order chi connectivity index (χ1) is 14.3. The van der Waals surface area contributed by atoms with E-state index in [0.717, 1.165) is 11.3 Å². The molecule has 0 N–H and O–H groups in total. The Kier molecular flexibility index (Phi) is 6.87. The molecule has 2 aliphatic rings. The van der Waals surface area contributed by atoms with Crippen molar-refractivity contribution in [3.8, 4) is 0 Å². The van der Waals surface area contributed by atoms with Crippen molar-refractivity contribution in [1.29, 1.82) is 0 Å². The van der Waals surface area contributed by atoms with Gasteiger partial charge in [0, 0.05) is 33.4 Å². The molecule has 2 aliphatic heterocycles. The molecule has 30 heavy (non-hydrogen) atoms. The highest BCUT2D eigenvalue weighted by atomic mass is 16.5. The van der Waals surface area contributed by atoms with Crippen LogP contribution in [0.3, 0.4) is 0 Å². The average Bonchev–Trinajstić information content (AvgIpc) is 2.95. The third-order valence-electron chi connectivity index (χ3n) is 5.48. The first kappa shape index (κ1) is 22.0. The molecule has 1 saturated heterocycles. The number of benzene rings is 1. The minimum Gasteiger partial charge on any atom is -0.452 e. The standard InChI is InChI=1S/C22H28N2O6/c1-14-9-15(2)12-23(11-14)19(25)13-30-22(28)16-5-6-17-18(10-16)21(27)24(20(17)26)7-4-8-29-3/h5-6,10,14-15H,4,7-9,11-13H2,1-3H3/t14-,15-/m0/s1. The zero-order valence-corrected chi connectivity index (χ0v) is 17.7. The summed E-state index contributed by atoms with van der Waals surface area (Å²) in [5.74, 6) is -0.899.